The van der Waals surface area contributed by atoms with Gasteiger partial charge in [-0.05, 0) is 31.5 Å². The molecule has 0 aliphatic heterocycles. The van der Waals surface area contributed by atoms with Gasteiger partial charge in [-0.1, -0.05) is 11.6 Å². The Morgan fingerprint density at radius 3 is 2.80 bits per heavy atom. The Labute approximate surface area is 122 Å². The van der Waals surface area contributed by atoms with E-state index in [0.717, 1.165) is 0 Å². The molecule has 0 fully saturated rings. The minimum Gasteiger partial charge on any atom is -0.478 e. The van der Waals surface area contributed by atoms with E-state index in [-0.39, 0.29) is 11.3 Å². The van der Waals surface area contributed by atoms with Crippen molar-refractivity contribution in [2.45, 2.75) is 13.3 Å². The van der Waals surface area contributed by atoms with E-state index in [2.05, 4.69) is 10.6 Å². The number of amides is 2. The molecule has 0 saturated carbocycles. The summed E-state index contributed by atoms with van der Waals surface area (Å²) >= 11 is 5.72. The van der Waals surface area contributed by atoms with Crippen molar-refractivity contribution in [2.24, 2.45) is 0 Å². The van der Waals surface area contributed by atoms with Gasteiger partial charge in [-0.25, -0.2) is 9.59 Å². The predicted octanol–water partition coefficient (Wildman–Crippen LogP) is 2.59. The largest absolute Gasteiger partial charge is 0.478 e. The molecule has 6 nitrogen and oxygen atoms in total. The molecule has 0 aliphatic rings. The molecular formula is C13H17ClN2O4. The Morgan fingerprint density at radius 2 is 2.15 bits per heavy atom. The Kier molecular flexibility index (Phi) is 6.83. The fraction of sp³-hybridized carbons (Fsp3) is 0.385. The fourth-order valence-electron chi connectivity index (χ4n) is 1.49. The second-order valence-corrected chi connectivity index (χ2v) is 4.36. The van der Waals surface area contributed by atoms with Gasteiger partial charge in [-0.2, -0.15) is 0 Å². The van der Waals surface area contributed by atoms with E-state index in [1.54, 1.807) is 0 Å². The summed E-state index contributed by atoms with van der Waals surface area (Å²) in [7, 11) is 0. The van der Waals surface area contributed by atoms with Gasteiger partial charge < -0.3 is 20.5 Å². The number of rotatable bonds is 7. The van der Waals surface area contributed by atoms with E-state index in [1.807, 2.05) is 6.92 Å². The number of nitrogens with one attached hydrogen (secondary N) is 2. The Balaban J connectivity index is 2.51. The number of aromatic carboxylic acids is 1. The first-order valence-corrected chi connectivity index (χ1v) is 6.57. The highest BCUT2D eigenvalue weighted by molar-refractivity contribution is 6.31. The van der Waals surface area contributed by atoms with Crippen LogP contribution in [-0.4, -0.2) is 36.9 Å². The number of halogens is 1. The molecule has 0 saturated heterocycles. The van der Waals surface area contributed by atoms with Gasteiger partial charge in [0.15, 0.2) is 0 Å². The second kappa shape index (κ2) is 8.39. The predicted molar refractivity (Wildman–Crippen MR) is 76.5 cm³/mol. The highest BCUT2D eigenvalue weighted by Crippen LogP contribution is 2.20. The standard InChI is InChI=1S/C13H17ClN2O4/c1-2-20-7-3-6-15-13(19)16-11-5-4-9(14)8-10(11)12(17)18/h4-5,8H,2-3,6-7H2,1H3,(H,17,18)(H2,15,16,19). The molecule has 0 heterocycles. The molecule has 7 heteroatoms. The van der Waals surface area contributed by atoms with Gasteiger partial charge in [0.25, 0.3) is 0 Å². The number of carbonyl (C=O) groups is 2. The summed E-state index contributed by atoms with van der Waals surface area (Å²) in [5.41, 5.74) is 0.145. The van der Waals surface area contributed by atoms with E-state index in [1.165, 1.54) is 18.2 Å². The first-order valence-electron chi connectivity index (χ1n) is 6.20. The van der Waals surface area contributed by atoms with Crippen LogP contribution >= 0.6 is 11.6 Å². The van der Waals surface area contributed by atoms with Crippen molar-refractivity contribution in [3.63, 3.8) is 0 Å². The third-order valence-corrected chi connectivity index (χ3v) is 2.65. The number of benzene rings is 1. The first-order chi connectivity index (χ1) is 9.54. The quantitative estimate of drug-likeness (QED) is 0.675. The zero-order valence-corrected chi connectivity index (χ0v) is 11.9. The van der Waals surface area contributed by atoms with Crippen molar-refractivity contribution in [3.05, 3.63) is 28.8 Å². The van der Waals surface area contributed by atoms with Crippen LogP contribution in [0.25, 0.3) is 0 Å². The summed E-state index contributed by atoms with van der Waals surface area (Å²) in [6, 6.07) is 3.78. The van der Waals surface area contributed by atoms with E-state index in [0.29, 0.717) is 31.2 Å². The number of hydrogen-bond acceptors (Lipinski definition) is 3. The zero-order valence-electron chi connectivity index (χ0n) is 11.1. The van der Waals surface area contributed by atoms with Crippen LogP contribution in [0.2, 0.25) is 5.02 Å². The maximum atomic E-state index is 11.6. The summed E-state index contributed by atoms with van der Waals surface area (Å²) in [5.74, 6) is -1.15. The zero-order chi connectivity index (χ0) is 15.0. The lowest BCUT2D eigenvalue weighted by atomic mass is 10.2. The van der Waals surface area contributed by atoms with E-state index >= 15 is 0 Å². The SMILES string of the molecule is CCOCCCNC(=O)Nc1ccc(Cl)cc1C(=O)O. The van der Waals surface area contributed by atoms with Crippen molar-refractivity contribution in [3.8, 4) is 0 Å². The monoisotopic (exact) mass is 300 g/mol. The molecule has 0 bridgehead atoms. The first kappa shape index (κ1) is 16.3. The molecule has 0 aromatic heterocycles. The summed E-state index contributed by atoms with van der Waals surface area (Å²) in [4.78, 5) is 22.7. The minimum absolute atomic E-state index is 0.0537. The van der Waals surface area contributed by atoms with Gasteiger partial charge in [0, 0.05) is 24.8 Å². The summed E-state index contributed by atoms with van der Waals surface area (Å²) in [5, 5.41) is 14.4. The van der Waals surface area contributed by atoms with Crippen molar-refractivity contribution >= 4 is 29.3 Å². The molecular weight excluding hydrogens is 284 g/mol. The lowest BCUT2D eigenvalue weighted by Crippen LogP contribution is -2.30. The van der Waals surface area contributed by atoms with E-state index in [9.17, 15) is 9.59 Å². The highest BCUT2D eigenvalue weighted by Gasteiger charge is 2.12. The van der Waals surface area contributed by atoms with Crippen LogP contribution in [0.15, 0.2) is 18.2 Å². The molecule has 0 radical (unpaired) electrons. The Bertz CT molecular complexity index is 479. The normalized spacial score (nSPS) is 10.1. The maximum absolute atomic E-state index is 11.6. The highest BCUT2D eigenvalue weighted by atomic mass is 35.5. The molecule has 1 rings (SSSR count). The molecule has 0 atom stereocenters. The average Bonchev–Trinajstić information content (AvgIpc) is 2.40. The lowest BCUT2D eigenvalue weighted by molar-refractivity contribution is 0.0698. The van der Waals surface area contributed by atoms with Gasteiger partial charge >= 0.3 is 12.0 Å². The number of urea groups is 1. The molecule has 20 heavy (non-hydrogen) atoms. The molecule has 2 amide bonds. The Morgan fingerprint density at radius 1 is 1.40 bits per heavy atom. The van der Waals surface area contributed by atoms with E-state index < -0.39 is 12.0 Å². The second-order valence-electron chi connectivity index (χ2n) is 3.93. The molecule has 110 valence electrons. The number of carboxylic acids is 1. The topological polar surface area (TPSA) is 87.7 Å². The molecule has 1 aromatic carbocycles. The lowest BCUT2D eigenvalue weighted by Gasteiger charge is -2.10. The number of hydrogen-bond donors (Lipinski definition) is 3. The minimum atomic E-state index is -1.15. The third kappa shape index (κ3) is 5.46. The summed E-state index contributed by atoms with van der Waals surface area (Å²) in [6.07, 6.45) is 0.688. The average molecular weight is 301 g/mol. The summed E-state index contributed by atoms with van der Waals surface area (Å²) < 4.78 is 5.13. The van der Waals surface area contributed by atoms with Crippen LogP contribution in [-0.2, 0) is 4.74 Å². The number of carboxylic acid groups (broad SMARTS) is 1. The van der Waals surface area contributed by atoms with Crippen LogP contribution in [0.4, 0.5) is 10.5 Å². The van der Waals surface area contributed by atoms with Crippen molar-refractivity contribution < 1.29 is 19.4 Å². The number of anilines is 1. The van der Waals surface area contributed by atoms with Crippen molar-refractivity contribution in [1.82, 2.24) is 5.32 Å². The van der Waals surface area contributed by atoms with Crippen molar-refractivity contribution in [2.75, 3.05) is 25.1 Å². The summed E-state index contributed by atoms with van der Waals surface area (Å²) in [6.45, 7) is 3.55. The maximum Gasteiger partial charge on any atom is 0.337 e. The third-order valence-electron chi connectivity index (χ3n) is 2.42. The van der Waals surface area contributed by atoms with Crippen LogP contribution in [0.1, 0.15) is 23.7 Å². The van der Waals surface area contributed by atoms with Crippen molar-refractivity contribution in [1.29, 1.82) is 0 Å². The molecule has 0 unspecified atom stereocenters. The molecule has 0 aliphatic carbocycles. The van der Waals surface area contributed by atoms with Gasteiger partial charge in [-0.15, -0.1) is 0 Å². The van der Waals surface area contributed by atoms with Crippen LogP contribution < -0.4 is 10.6 Å². The van der Waals surface area contributed by atoms with Crippen LogP contribution in [0.3, 0.4) is 0 Å². The van der Waals surface area contributed by atoms with Gasteiger partial charge in [-0.3, -0.25) is 0 Å². The molecule has 3 N–H and O–H groups in total. The van der Waals surface area contributed by atoms with Gasteiger partial charge in [0.05, 0.1) is 11.3 Å². The van der Waals surface area contributed by atoms with Gasteiger partial charge in [0.1, 0.15) is 0 Å². The number of carbonyl (C=O) groups excluding carboxylic acids is 1. The molecule has 0 spiro atoms. The molecule has 1 aromatic rings. The van der Waals surface area contributed by atoms with Gasteiger partial charge in [0.2, 0.25) is 0 Å². The smallest absolute Gasteiger partial charge is 0.337 e. The van der Waals surface area contributed by atoms with E-state index in [4.69, 9.17) is 21.4 Å². The fourth-order valence-corrected chi connectivity index (χ4v) is 1.66. The van der Waals surface area contributed by atoms with Crippen LogP contribution in [0, 0.1) is 0 Å². The number of ether oxygens (including phenoxy) is 1. The Hall–Kier alpha value is -1.79. The van der Waals surface area contributed by atoms with Crippen LogP contribution in [0.5, 0.6) is 0 Å².